The minimum absolute atomic E-state index is 0.0505. The fourth-order valence-electron chi connectivity index (χ4n) is 1.91. The zero-order valence-corrected chi connectivity index (χ0v) is 11.1. The van der Waals surface area contributed by atoms with E-state index in [4.69, 9.17) is 16.3 Å². The molecule has 0 aromatic heterocycles. The van der Waals surface area contributed by atoms with E-state index in [0.29, 0.717) is 18.8 Å². The molecule has 1 atom stereocenters. The van der Waals surface area contributed by atoms with E-state index in [2.05, 4.69) is 5.32 Å². The molecule has 2 rings (SSSR count). The van der Waals surface area contributed by atoms with Crippen molar-refractivity contribution in [2.45, 2.75) is 18.9 Å². The summed E-state index contributed by atoms with van der Waals surface area (Å²) in [5.41, 5.74) is -0.317. The second-order valence-corrected chi connectivity index (χ2v) is 5.15. The van der Waals surface area contributed by atoms with E-state index in [-0.39, 0.29) is 16.6 Å². The molecule has 1 saturated heterocycles. The molecule has 1 aliphatic rings. The van der Waals surface area contributed by atoms with Gasteiger partial charge in [0.2, 0.25) is 0 Å². The van der Waals surface area contributed by atoms with Gasteiger partial charge in [-0.15, -0.1) is 0 Å². The van der Waals surface area contributed by atoms with E-state index in [1.807, 2.05) is 6.92 Å². The number of nitrogens with one attached hydrogen (secondary N) is 1. The van der Waals surface area contributed by atoms with Crippen molar-refractivity contribution in [2.75, 3.05) is 13.2 Å². The van der Waals surface area contributed by atoms with Crippen molar-refractivity contribution in [2.24, 2.45) is 0 Å². The maximum atomic E-state index is 12.0. The van der Waals surface area contributed by atoms with Crippen LogP contribution in [-0.2, 0) is 4.74 Å². The van der Waals surface area contributed by atoms with Crippen molar-refractivity contribution in [1.82, 2.24) is 5.32 Å². The molecule has 102 valence electrons. The van der Waals surface area contributed by atoms with E-state index in [9.17, 15) is 14.9 Å². The highest BCUT2D eigenvalue weighted by molar-refractivity contribution is 6.33. The standard InChI is InChI=1S/C12H13ClN2O4/c1-12(4-5-19-7-12)14-11(16)8-2-3-10(15(17)18)9(13)6-8/h2-3,6H,4-5,7H2,1H3,(H,14,16). The van der Waals surface area contributed by atoms with Crippen molar-refractivity contribution in [3.63, 3.8) is 0 Å². The first-order chi connectivity index (χ1) is 8.91. The molecule has 0 saturated carbocycles. The van der Waals surface area contributed by atoms with Crippen LogP contribution in [0.3, 0.4) is 0 Å². The summed E-state index contributed by atoms with van der Waals surface area (Å²) < 4.78 is 5.24. The molecule has 0 radical (unpaired) electrons. The number of hydrogen-bond donors (Lipinski definition) is 1. The Morgan fingerprint density at radius 3 is 2.84 bits per heavy atom. The van der Waals surface area contributed by atoms with Gasteiger partial charge in [-0.1, -0.05) is 11.6 Å². The summed E-state index contributed by atoms with van der Waals surface area (Å²) in [6.45, 7) is 2.96. The van der Waals surface area contributed by atoms with E-state index in [1.165, 1.54) is 18.2 Å². The molecule has 1 aliphatic heterocycles. The molecule has 0 bridgehead atoms. The normalized spacial score (nSPS) is 22.2. The third-order valence-electron chi connectivity index (χ3n) is 3.04. The highest BCUT2D eigenvalue weighted by Gasteiger charge is 2.31. The highest BCUT2D eigenvalue weighted by atomic mass is 35.5. The number of rotatable bonds is 3. The SMILES string of the molecule is CC1(NC(=O)c2ccc([N+](=O)[O-])c(Cl)c2)CCOC1. The lowest BCUT2D eigenvalue weighted by Crippen LogP contribution is -2.46. The largest absolute Gasteiger partial charge is 0.379 e. The van der Waals surface area contributed by atoms with Gasteiger partial charge in [-0.25, -0.2) is 0 Å². The molecule has 7 heteroatoms. The number of carbonyl (C=O) groups is 1. The molecule has 19 heavy (non-hydrogen) atoms. The second-order valence-electron chi connectivity index (χ2n) is 4.74. The van der Waals surface area contributed by atoms with Crippen LogP contribution in [0.2, 0.25) is 5.02 Å². The molecule has 1 amide bonds. The molecular weight excluding hydrogens is 272 g/mol. The molecule has 0 aliphatic carbocycles. The maximum Gasteiger partial charge on any atom is 0.287 e. The van der Waals surface area contributed by atoms with Crippen molar-refractivity contribution in [1.29, 1.82) is 0 Å². The van der Waals surface area contributed by atoms with Gasteiger partial charge in [0, 0.05) is 18.2 Å². The van der Waals surface area contributed by atoms with Crippen LogP contribution in [0.15, 0.2) is 18.2 Å². The first-order valence-electron chi connectivity index (χ1n) is 5.75. The van der Waals surface area contributed by atoms with Crippen LogP contribution in [0.25, 0.3) is 0 Å². The summed E-state index contributed by atoms with van der Waals surface area (Å²) in [5, 5.41) is 13.4. The Balaban J connectivity index is 2.16. The monoisotopic (exact) mass is 284 g/mol. The third-order valence-corrected chi connectivity index (χ3v) is 3.34. The maximum absolute atomic E-state index is 12.0. The number of hydrogen-bond acceptors (Lipinski definition) is 4. The van der Waals surface area contributed by atoms with Gasteiger partial charge in [0.25, 0.3) is 11.6 Å². The number of amides is 1. The van der Waals surface area contributed by atoms with Gasteiger partial charge in [-0.05, 0) is 25.5 Å². The zero-order valence-electron chi connectivity index (χ0n) is 10.3. The van der Waals surface area contributed by atoms with Crippen LogP contribution in [0.1, 0.15) is 23.7 Å². The van der Waals surface area contributed by atoms with Gasteiger partial charge in [-0.2, -0.15) is 0 Å². The Labute approximate surface area is 114 Å². The first kappa shape index (κ1) is 13.8. The Bertz CT molecular complexity index is 526. The van der Waals surface area contributed by atoms with E-state index >= 15 is 0 Å². The number of nitrogens with zero attached hydrogens (tertiary/aromatic N) is 1. The number of ether oxygens (including phenoxy) is 1. The van der Waals surface area contributed by atoms with Gasteiger partial charge in [0.1, 0.15) is 5.02 Å². The minimum atomic E-state index is -0.587. The van der Waals surface area contributed by atoms with Crippen LogP contribution in [0.4, 0.5) is 5.69 Å². The molecule has 1 fully saturated rings. The second kappa shape index (κ2) is 5.14. The Morgan fingerprint density at radius 2 is 2.32 bits per heavy atom. The predicted octanol–water partition coefficient (Wildman–Crippen LogP) is 2.16. The van der Waals surface area contributed by atoms with Crippen LogP contribution in [0, 0.1) is 10.1 Å². The van der Waals surface area contributed by atoms with Gasteiger partial charge in [0.15, 0.2) is 0 Å². The number of nitro groups is 1. The fraction of sp³-hybridized carbons (Fsp3) is 0.417. The quantitative estimate of drug-likeness (QED) is 0.681. The van der Waals surface area contributed by atoms with E-state index in [0.717, 1.165) is 6.42 Å². The van der Waals surface area contributed by atoms with Crippen molar-refractivity contribution < 1.29 is 14.5 Å². The smallest absolute Gasteiger partial charge is 0.287 e. The lowest BCUT2D eigenvalue weighted by Gasteiger charge is -2.23. The molecule has 1 aromatic rings. The lowest BCUT2D eigenvalue weighted by atomic mass is 10.0. The fourth-order valence-corrected chi connectivity index (χ4v) is 2.16. The Morgan fingerprint density at radius 1 is 1.58 bits per heavy atom. The summed E-state index contributed by atoms with van der Waals surface area (Å²) in [4.78, 5) is 22.1. The highest BCUT2D eigenvalue weighted by Crippen LogP contribution is 2.25. The predicted molar refractivity (Wildman–Crippen MR) is 69.4 cm³/mol. The molecule has 1 aromatic carbocycles. The molecule has 1 N–H and O–H groups in total. The number of nitro benzene ring substituents is 1. The van der Waals surface area contributed by atoms with E-state index < -0.39 is 10.5 Å². The number of carbonyl (C=O) groups excluding carboxylic acids is 1. The zero-order chi connectivity index (χ0) is 14.0. The van der Waals surface area contributed by atoms with Gasteiger partial charge in [-0.3, -0.25) is 14.9 Å². The molecule has 0 spiro atoms. The number of benzene rings is 1. The molecule has 1 heterocycles. The van der Waals surface area contributed by atoms with Crippen LogP contribution in [0.5, 0.6) is 0 Å². The summed E-state index contributed by atoms with van der Waals surface area (Å²) >= 11 is 5.77. The van der Waals surface area contributed by atoms with Gasteiger partial charge < -0.3 is 10.1 Å². The summed E-state index contributed by atoms with van der Waals surface area (Å²) in [6.07, 6.45) is 0.736. The Hall–Kier alpha value is -1.66. The van der Waals surface area contributed by atoms with Crippen LogP contribution >= 0.6 is 11.6 Å². The topological polar surface area (TPSA) is 81.5 Å². The number of halogens is 1. The lowest BCUT2D eigenvalue weighted by molar-refractivity contribution is -0.384. The Kier molecular flexibility index (Phi) is 3.73. The molecule has 1 unspecified atom stereocenters. The van der Waals surface area contributed by atoms with Crippen LogP contribution in [-0.4, -0.2) is 29.6 Å². The average Bonchev–Trinajstić information content (AvgIpc) is 2.75. The van der Waals surface area contributed by atoms with Crippen molar-refractivity contribution in [3.05, 3.63) is 38.9 Å². The summed E-state index contributed by atoms with van der Waals surface area (Å²) in [5.74, 6) is -0.315. The average molecular weight is 285 g/mol. The van der Waals surface area contributed by atoms with Crippen molar-refractivity contribution >= 4 is 23.2 Å². The van der Waals surface area contributed by atoms with E-state index in [1.54, 1.807) is 0 Å². The minimum Gasteiger partial charge on any atom is -0.379 e. The van der Waals surface area contributed by atoms with Crippen LogP contribution < -0.4 is 5.32 Å². The summed E-state index contributed by atoms with van der Waals surface area (Å²) in [7, 11) is 0. The first-order valence-corrected chi connectivity index (χ1v) is 6.13. The van der Waals surface area contributed by atoms with Crippen molar-refractivity contribution in [3.8, 4) is 0 Å². The summed E-state index contributed by atoms with van der Waals surface area (Å²) in [6, 6.07) is 3.91. The third kappa shape index (κ3) is 3.02. The molecular formula is C12H13ClN2O4. The van der Waals surface area contributed by atoms with Gasteiger partial charge in [0.05, 0.1) is 17.1 Å². The molecule has 6 nitrogen and oxygen atoms in total. The van der Waals surface area contributed by atoms with Gasteiger partial charge >= 0.3 is 0 Å².